The van der Waals surface area contributed by atoms with Gasteiger partial charge in [0, 0.05) is 59.6 Å². The second kappa shape index (κ2) is 7.67. The van der Waals surface area contributed by atoms with Crippen molar-refractivity contribution >= 4 is 27.6 Å². The third kappa shape index (κ3) is 3.30. The van der Waals surface area contributed by atoms with Crippen LogP contribution in [0.25, 0.3) is 55.8 Å². The first kappa shape index (κ1) is 19.7. The number of aromatic amines is 2. The molecule has 1 aliphatic rings. The number of pyridine rings is 3. The van der Waals surface area contributed by atoms with Gasteiger partial charge < -0.3 is 15.6 Å². The highest BCUT2D eigenvalue weighted by molar-refractivity contribution is 6.00. The molecule has 0 saturated carbocycles. The van der Waals surface area contributed by atoms with Gasteiger partial charge in [-0.25, -0.2) is 4.98 Å². The standard InChI is InChI=1S/C25H20N10/c26-15-12-35(13-15)23-11-28-9-22(32-23)19-7-17-21(10-30-19)33-34-25(17)20-8-16-18(31-20)3-6-29-24(16)14-1-4-27-5-2-14/h1-11,15,31H,12-13,26H2,(H,33,34). The second-order valence-electron chi connectivity index (χ2n) is 8.65. The van der Waals surface area contributed by atoms with Gasteiger partial charge in [-0.1, -0.05) is 0 Å². The summed E-state index contributed by atoms with van der Waals surface area (Å²) in [6.07, 6.45) is 10.6. The lowest BCUT2D eigenvalue weighted by Gasteiger charge is -2.37. The van der Waals surface area contributed by atoms with Crippen LogP contribution >= 0.6 is 0 Å². The highest BCUT2D eigenvalue weighted by Gasteiger charge is 2.25. The van der Waals surface area contributed by atoms with Crippen LogP contribution in [0.3, 0.4) is 0 Å². The predicted octanol–water partition coefficient (Wildman–Crippen LogP) is 3.17. The van der Waals surface area contributed by atoms with E-state index in [1.165, 1.54) is 0 Å². The molecule has 0 unspecified atom stereocenters. The molecule has 6 aromatic rings. The molecular formula is C25H20N10. The van der Waals surface area contributed by atoms with E-state index >= 15 is 0 Å². The fourth-order valence-corrected chi connectivity index (χ4v) is 4.51. The Kier molecular flexibility index (Phi) is 4.33. The van der Waals surface area contributed by atoms with Gasteiger partial charge in [0.05, 0.1) is 41.2 Å². The largest absolute Gasteiger partial charge is 0.353 e. The highest BCUT2D eigenvalue weighted by Crippen LogP contribution is 2.33. The van der Waals surface area contributed by atoms with E-state index in [9.17, 15) is 0 Å². The molecule has 1 saturated heterocycles. The van der Waals surface area contributed by atoms with Gasteiger partial charge in [0.2, 0.25) is 0 Å². The van der Waals surface area contributed by atoms with Crippen LogP contribution in [-0.4, -0.2) is 59.2 Å². The average molecular weight is 461 g/mol. The molecule has 0 aromatic carbocycles. The van der Waals surface area contributed by atoms with Crippen LogP contribution < -0.4 is 10.6 Å². The van der Waals surface area contributed by atoms with Crippen molar-refractivity contribution in [1.82, 2.24) is 40.1 Å². The van der Waals surface area contributed by atoms with Crippen molar-refractivity contribution < 1.29 is 0 Å². The van der Waals surface area contributed by atoms with Gasteiger partial charge >= 0.3 is 0 Å². The van der Waals surface area contributed by atoms with Gasteiger partial charge in [0.15, 0.2) is 0 Å². The molecule has 6 aromatic heterocycles. The number of aromatic nitrogens is 8. The van der Waals surface area contributed by atoms with Crippen LogP contribution in [0, 0.1) is 0 Å². The second-order valence-corrected chi connectivity index (χ2v) is 8.65. The topological polar surface area (TPSA) is 138 Å². The lowest BCUT2D eigenvalue weighted by molar-refractivity contribution is 0.514. The first-order valence-electron chi connectivity index (χ1n) is 11.3. The molecule has 7 rings (SSSR count). The number of nitrogens with one attached hydrogen (secondary N) is 2. The van der Waals surface area contributed by atoms with E-state index in [-0.39, 0.29) is 6.04 Å². The minimum Gasteiger partial charge on any atom is -0.353 e. The van der Waals surface area contributed by atoms with Crippen molar-refractivity contribution in [3.63, 3.8) is 0 Å². The van der Waals surface area contributed by atoms with Gasteiger partial charge in [-0.05, 0) is 30.3 Å². The molecule has 0 amide bonds. The summed E-state index contributed by atoms with van der Waals surface area (Å²) in [4.78, 5) is 28.1. The summed E-state index contributed by atoms with van der Waals surface area (Å²) in [7, 11) is 0. The zero-order chi connectivity index (χ0) is 23.4. The van der Waals surface area contributed by atoms with Crippen LogP contribution in [0.15, 0.2) is 67.5 Å². The van der Waals surface area contributed by atoms with E-state index in [1.807, 2.05) is 24.3 Å². The molecule has 4 N–H and O–H groups in total. The quantitative estimate of drug-likeness (QED) is 0.365. The number of H-pyrrole nitrogens is 2. The number of hydrogen-bond donors (Lipinski definition) is 3. The van der Waals surface area contributed by atoms with Gasteiger partial charge in [0.1, 0.15) is 17.2 Å². The molecule has 10 nitrogen and oxygen atoms in total. The monoisotopic (exact) mass is 460 g/mol. The number of nitrogens with zero attached hydrogens (tertiary/aromatic N) is 7. The third-order valence-corrected chi connectivity index (χ3v) is 6.32. The zero-order valence-electron chi connectivity index (χ0n) is 18.6. The lowest BCUT2D eigenvalue weighted by Crippen LogP contribution is -2.56. The van der Waals surface area contributed by atoms with E-state index in [0.29, 0.717) is 5.69 Å². The van der Waals surface area contributed by atoms with Crippen LogP contribution in [-0.2, 0) is 0 Å². The Labute approximate surface area is 199 Å². The van der Waals surface area contributed by atoms with E-state index in [0.717, 1.165) is 69.1 Å². The highest BCUT2D eigenvalue weighted by atomic mass is 15.3. The Morgan fingerprint density at radius 2 is 1.69 bits per heavy atom. The first-order valence-corrected chi connectivity index (χ1v) is 11.3. The van der Waals surface area contributed by atoms with Crippen LogP contribution in [0.5, 0.6) is 0 Å². The summed E-state index contributed by atoms with van der Waals surface area (Å²) < 4.78 is 0. The van der Waals surface area contributed by atoms with Crippen molar-refractivity contribution in [2.24, 2.45) is 5.73 Å². The lowest BCUT2D eigenvalue weighted by atomic mass is 10.1. The SMILES string of the molecule is NC1CN(c2cncc(-c3cc4c(-c5cc6c(-c7ccncc7)nccc6[nH]5)n[nH]c4cn3)n2)C1. The predicted molar refractivity (Wildman–Crippen MR) is 133 cm³/mol. The summed E-state index contributed by atoms with van der Waals surface area (Å²) in [5.41, 5.74) is 12.8. The average Bonchev–Trinajstić information content (AvgIpc) is 3.51. The summed E-state index contributed by atoms with van der Waals surface area (Å²) >= 11 is 0. The normalized spacial score (nSPS) is 14.0. The van der Waals surface area contributed by atoms with E-state index in [1.54, 1.807) is 37.2 Å². The van der Waals surface area contributed by atoms with Crippen LogP contribution in [0.1, 0.15) is 0 Å². The maximum Gasteiger partial charge on any atom is 0.147 e. The summed E-state index contributed by atoms with van der Waals surface area (Å²) in [5, 5.41) is 9.65. The van der Waals surface area contributed by atoms with Gasteiger partial charge in [-0.3, -0.25) is 25.0 Å². The van der Waals surface area contributed by atoms with Crippen molar-refractivity contribution in [3.05, 3.63) is 67.5 Å². The third-order valence-electron chi connectivity index (χ3n) is 6.32. The molecule has 7 heterocycles. The number of rotatable bonds is 4. The van der Waals surface area contributed by atoms with Crippen molar-refractivity contribution in [2.75, 3.05) is 18.0 Å². The van der Waals surface area contributed by atoms with E-state index in [2.05, 4.69) is 46.1 Å². The van der Waals surface area contributed by atoms with Crippen molar-refractivity contribution in [2.45, 2.75) is 6.04 Å². The number of fused-ring (bicyclic) bond motifs is 2. The Hall–Kier alpha value is -4.70. The molecule has 0 aliphatic carbocycles. The number of hydrogen-bond acceptors (Lipinski definition) is 8. The Morgan fingerprint density at radius 1 is 0.829 bits per heavy atom. The van der Waals surface area contributed by atoms with Gasteiger partial charge in [-0.15, -0.1) is 0 Å². The summed E-state index contributed by atoms with van der Waals surface area (Å²) in [5.74, 6) is 0.810. The maximum absolute atomic E-state index is 5.93. The van der Waals surface area contributed by atoms with Crippen LogP contribution in [0.4, 0.5) is 5.82 Å². The summed E-state index contributed by atoms with van der Waals surface area (Å²) in [6.45, 7) is 1.57. The fraction of sp³-hybridized carbons (Fsp3) is 0.120. The molecule has 35 heavy (non-hydrogen) atoms. The molecule has 0 spiro atoms. The molecule has 0 bridgehead atoms. The molecule has 170 valence electrons. The van der Waals surface area contributed by atoms with Gasteiger partial charge in [0.25, 0.3) is 0 Å². The molecule has 0 atom stereocenters. The Balaban J connectivity index is 1.31. The minimum absolute atomic E-state index is 0.189. The molecule has 1 aliphatic heterocycles. The fourth-order valence-electron chi connectivity index (χ4n) is 4.51. The number of nitrogens with two attached hydrogens (primary N) is 1. The molecule has 0 radical (unpaired) electrons. The van der Waals surface area contributed by atoms with E-state index in [4.69, 9.17) is 10.7 Å². The van der Waals surface area contributed by atoms with Crippen molar-refractivity contribution in [1.29, 1.82) is 0 Å². The van der Waals surface area contributed by atoms with E-state index < -0.39 is 0 Å². The Morgan fingerprint density at radius 3 is 2.54 bits per heavy atom. The Bertz CT molecular complexity index is 1680. The van der Waals surface area contributed by atoms with Crippen LogP contribution in [0.2, 0.25) is 0 Å². The molecule has 1 fully saturated rings. The zero-order valence-corrected chi connectivity index (χ0v) is 18.6. The number of anilines is 1. The molecular weight excluding hydrogens is 440 g/mol. The summed E-state index contributed by atoms with van der Waals surface area (Å²) in [6, 6.07) is 10.2. The van der Waals surface area contributed by atoms with Gasteiger partial charge in [-0.2, -0.15) is 5.10 Å². The first-order chi connectivity index (χ1) is 17.2. The smallest absolute Gasteiger partial charge is 0.147 e. The minimum atomic E-state index is 0.189. The molecule has 10 heteroatoms. The van der Waals surface area contributed by atoms with Crippen molar-refractivity contribution in [3.8, 4) is 34.0 Å². The maximum atomic E-state index is 5.93.